The highest BCUT2D eigenvalue weighted by molar-refractivity contribution is 7.13. The smallest absolute Gasteiger partial charge is 0.207 e. The molecule has 0 amide bonds. The first-order valence-electron chi connectivity index (χ1n) is 3.35. The van der Waals surface area contributed by atoms with E-state index in [2.05, 4.69) is 10.2 Å². The number of hydrogen-bond donors (Lipinski definition) is 1. The van der Waals surface area contributed by atoms with Gasteiger partial charge in [0.1, 0.15) is 5.51 Å². The van der Waals surface area contributed by atoms with Gasteiger partial charge in [-0.25, -0.2) is 0 Å². The van der Waals surface area contributed by atoms with E-state index in [0.29, 0.717) is 6.54 Å². The molecular formula is C6H11N3OS. The fraction of sp³-hybridized carbons (Fsp3) is 0.667. The van der Waals surface area contributed by atoms with Gasteiger partial charge in [0.05, 0.1) is 6.10 Å². The largest absolute Gasteiger partial charge is 0.392 e. The van der Waals surface area contributed by atoms with Crippen molar-refractivity contribution >= 4 is 16.5 Å². The molecule has 1 aromatic rings. The monoisotopic (exact) mass is 173 g/mol. The van der Waals surface area contributed by atoms with Crippen LogP contribution in [0.25, 0.3) is 0 Å². The van der Waals surface area contributed by atoms with Gasteiger partial charge in [-0.15, -0.1) is 10.2 Å². The summed E-state index contributed by atoms with van der Waals surface area (Å²) in [6.07, 6.45) is -0.330. The molecule has 0 aliphatic rings. The summed E-state index contributed by atoms with van der Waals surface area (Å²) >= 11 is 1.47. The van der Waals surface area contributed by atoms with Crippen molar-refractivity contribution in [2.75, 3.05) is 18.5 Å². The van der Waals surface area contributed by atoms with E-state index in [-0.39, 0.29) is 6.10 Å². The van der Waals surface area contributed by atoms with Crippen molar-refractivity contribution in [2.45, 2.75) is 13.0 Å². The van der Waals surface area contributed by atoms with Crippen LogP contribution in [0.15, 0.2) is 5.51 Å². The van der Waals surface area contributed by atoms with Crippen LogP contribution in [-0.2, 0) is 0 Å². The van der Waals surface area contributed by atoms with Gasteiger partial charge in [-0.2, -0.15) is 0 Å². The molecule has 1 aromatic heterocycles. The molecule has 1 rings (SSSR count). The van der Waals surface area contributed by atoms with Crippen LogP contribution in [0.5, 0.6) is 0 Å². The zero-order valence-corrected chi connectivity index (χ0v) is 7.38. The molecule has 1 N–H and O–H groups in total. The average molecular weight is 173 g/mol. The molecule has 0 radical (unpaired) electrons. The number of rotatable bonds is 3. The molecule has 0 saturated heterocycles. The number of aliphatic hydroxyl groups excluding tert-OH is 1. The summed E-state index contributed by atoms with van der Waals surface area (Å²) in [5.74, 6) is 0. The lowest BCUT2D eigenvalue weighted by Crippen LogP contribution is -2.26. The van der Waals surface area contributed by atoms with E-state index < -0.39 is 0 Å². The number of likely N-dealkylation sites (N-methyl/N-ethyl adjacent to an activating group) is 1. The second kappa shape index (κ2) is 3.64. The Morgan fingerprint density at radius 1 is 1.82 bits per heavy atom. The molecule has 0 spiro atoms. The maximum Gasteiger partial charge on any atom is 0.207 e. The normalized spacial score (nSPS) is 13.0. The molecule has 0 fully saturated rings. The van der Waals surface area contributed by atoms with Gasteiger partial charge in [-0.1, -0.05) is 11.3 Å². The van der Waals surface area contributed by atoms with E-state index in [1.54, 1.807) is 12.4 Å². The predicted octanol–water partition coefficient (Wildman–Crippen LogP) is 0.355. The standard InChI is InChI=1S/C6H11N3OS/c1-5(10)3-9(2)6-8-7-4-11-6/h4-5,10H,3H2,1-2H3. The molecule has 4 nitrogen and oxygen atoms in total. The lowest BCUT2D eigenvalue weighted by Gasteiger charge is -2.16. The molecule has 1 unspecified atom stereocenters. The maximum absolute atomic E-state index is 9.04. The quantitative estimate of drug-likeness (QED) is 0.716. The van der Waals surface area contributed by atoms with Crippen molar-refractivity contribution in [2.24, 2.45) is 0 Å². The minimum atomic E-state index is -0.330. The van der Waals surface area contributed by atoms with Crippen LogP contribution in [0.1, 0.15) is 6.92 Å². The summed E-state index contributed by atoms with van der Waals surface area (Å²) in [5, 5.41) is 17.4. The zero-order chi connectivity index (χ0) is 8.27. The van der Waals surface area contributed by atoms with E-state index in [1.165, 1.54) is 11.3 Å². The Hall–Kier alpha value is -0.680. The molecule has 0 bridgehead atoms. The van der Waals surface area contributed by atoms with E-state index in [1.807, 2.05) is 11.9 Å². The Balaban J connectivity index is 2.49. The lowest BCUT2D eigenvalue weighted by atomic mass is 10.4. The van der Waals surface area contributed by atoms with Crippen molar-refractivity contribution in [1.82, 2.24) is 10.2 Å². The second-order valence-electron chi connectivity index (χ2n) is 2.45. The Kier molecular flexibility index (Phi) is 2.78. The van der Waals surface area contributed by atoms with E-state index >= 15 is 0 Å². The van der Waals surface area contributed by atoms with Crippen molar-refractivity contribution in [1.29, 1.82) is 0 Å². The first kappa shape index (κ1) is 8.42. The third-order valence-corrected chi connectivity index (χ3v) is 2.02. The Morgan fingerprint density at radius 2 is 2.55 bits per heavy atom. The molecular weight excluding hydrogens is 162 g/mol. The molecule has 1 heterocycles. The maximum atomic E-state index is 9.04. The van der Waals surface area contributed by atoms with E-state index in [0.717, 1.165) is 5.13 Å². The average Bonchev–Trinajstić information content (AvgIpc) is 2.35. The third-order valence-electron chi connectivity index (χ3n) is 1.21. The summed E-state index contributed by atoms with van der Waals surface area (Å²) in [6, 6.07) is 0. The lowest BCUT2D eigenvalue weighted by molar-refractivity contribution is 0.201. The first-order valence-corrected chi connectivity index (χ1v) is 4.23. The van der Waals surface area contributed by atoms with Crippen LogP contribution >= 0.6 is 11.3 Å². The summed E-state index contributed by atoms with van der Waals surface area (Å²) in [5.41, 5.74) is 1.67. The van der Waals surface area contributed by atoms with Gasteiger partial charge in [-0.05, 0) is 6.92 Å². The summed E-state index contributed by atoms with van der Waals surface area (Å²) in [6.45, 7) is 2.34. The molecule has 0 aromatic carbocycles. The van der Waals surface area contributed by atoms with Crippen LogP contribution in [0, 0.1) is 0 Å². The fourth-order valence-electron chi connectivity index (χ4n) is 0.808. The molecule has 5 heteroatoms. The molecule has 62 valence electrons. The van der Waals surface area contributed by atoms with Gasteiger partial charge >= 0.3 is 0 Å². The predicted molar refractivity (Wildman–Crippen MR) is 44.9 cm³/mol. The van der Waals surface area contributed by atoms with Crippen LogP contribution < -0.4 is 4.90 Å². The minimum Gasteiger partial charge on any atom is -0.392 e. The Labute approximate surface area is 69.5 Å². The van der Waals surface area contributed by atoms with Crippen molar-refractivity contribution in [3.63, 3.8) is 0 Å². The van der Waals surface area contributed by atoms with E-state index in [9.17, 15) is 0 Å². The van der Waals surface area contributed by atoms with E-state index in [4.69, 9.17) is 5.11 Å². The van der Waals surface area contributed by atoms with Gasteiger partial charge < -0.3 is 10.0 Å². The number of hydrogen-bond acceptors (Lipinski definition) is 5. The molecule has 0 aliphatic heterocycles. The minimum absolute atomic E-state index is 0.330. The summed E-state index contributed by atoms with van der Waals surface area (Å²) in [4.78, 5) is 1.88. The summed E-state index contributed by atoms with van der Waals surface area (Å²) in [7, 11) is 1.88. The van der Waals surface area contributed by atoms with Crippen LogP contribution in [0.2, 0.25) is 0 Å². The summed E-state index contributed by atoms with van der Waals surface area (Å²) < 4.78 is 0. The molecule has 11 heavy (non-hydrogen) atoms. The highest BCUT2D eigenvalue weighted by Crippen LogP contribution is 2.13. The van der Waals surface area contributed by atoms with Gasteiger partial charge in [-0.3, -0.25) is 0 Å². The topological polar surface area (TPSA) is 49.2 Å². The first-order chi connectivity index (χ1) is 5.20. The van der Waals surface area contributed by atoms with Crippen LogP contribution in [0.4, 0.5) is 5.13 Å². The molecule has 1 atom stereocenters. The van der Waals surface area contributed by atoms with Crippen LogP contribution in [0.3, 0.4) is 0 Å². The fourth-order valence-corrected chi connectivity index (χ4v) is 1.35. The molecule has 0 aliphatic carbocycles. The van der Waals surface area contributed by atoms with Gasteiger partial charge in [0.2, 0.25) is 5.13 Å². The number of nitrogens with zero attached hydrogens (tertiary/aromatic N) is 3. The van der Waals surface area contributed by atoms with Crippen molar-refractivity contribution in [3.8, 4) is 0 Å². The highest BCUT2D eigenvalue weighted by Gasteiger charge is 2.05. The van der Waals surface area contributed by atoms with Gasteiger partial charge in [0, 0.05) is 13.6 Å². The molecule has 0 saturated carbocycles. The second-order valence-corrected chi connectivity index (χ2v) is 3.26. The third kappa shape index (κ3) is 2.44. The van der Waals surface area contributed by atoms with Crippen LogP contribution in [-0.4, -0.2) is 35.0 Å². The zero-order valence-electron chi connectivity index (χ0n) is 6.56. The Bertz CT molecular complexity index is 200. The highest BCUT2D eigenvalue weighted by atomic mass is 32.1. The van der Waals surface area contributed by atoms with Gasteiger partial charge in [0.25, 0.3) is 0 Å². The SMILES string of the molecule is CC(O)CN(C)c1nncs1. The number of aromatic nitrogens is 2. The Morgan fingerprint density at radius 3 is 3.00 bits per heavy atom. The van der Waals surface area contributed by atoms with Crippen molar-refractivity contribution < 1.29 is 5.11 Å². The van der Waals surface area contributed by atoms with Gasteiger partial charge in [0.15, 0.2) is 0 Å². The number of anilines is 1. The number of aliphatic hydroxyl groups is 1. The van der Waals surface area contributed by atoms with Crippen molar-refractivity contribution in [3.05, 3.63) is 5.51 Å².